The lowest BCUT2D eigenvalue weighted by molar-refractivity contribution is -0.137. The van der Waals surface area contributed by atoms with Crippen LogP contribution in [0.4, 0.5) is 19.0 Å². The van der Waals surface area contributed by atoms with E-state index in [0.29, 0.717) is 18.8 Å². The molecule has 1 atom stereocenters. The molecular formula is C14H17ClF3N3O. The minimum atomic E-state index is -4.41. The number of aromatic nitrogens is 1. The van der Waals surface area contributed by atoms with Gasteiger partial charge in [-0.3, -0.25) is 9.69 Å². The summed E-state index contributed by atoms with van der Waals surface area (Å²) < 4.78 is 37.5. The van der Waals surface area contributed by atoms with E-state index in [0.717, 1.165) is 38.2 Å². The average Bonchev–Trinajstić information content (AvgIpc) is 2.86. The largest absolute Gasteiger partial charge is 0.417 e. The highest BCUT2D eigenvalue weighted by Gasteiger charge is 2.41. The van der Waals surface area contributed by atoms with Crippen LogP contribution in [0.3, 0.4) is 0 Å². The van der Waals surface area contributed by atoms with Gasteiger partial charge in [-0.2, -0.15) is 13.2 Å². The van der Waals surface area contributed by atoms with E-state index in [4.69, 9.17) is 0 Å². The Balaban J connectivity index is 0.00000176. The van der Waals surface area contributed by atoms with Crippen LogP contribution < -0.4 is 10.2 Å². The minimum Gasteiger partial charge on any atom is -0.316 e. The smallest absolute Gasteiger partial charge is 0.316 e. The topological polar surface area (TPSA) is 45.2 Å². The minimum absolute atomic E-state index is 0. The van der Waals surface area contributed by atoms with Crippen molar-refractivity contribution in [2.24, 2.45) is 5.41 Å². The number of anilines is 1. The van der Waals surface area contributed by atoms with Gasteiger partial charge in [-0.05, 0) is 36.9 Å². The summed E-state index contributed by atoms with van der Waals surface area (Å²) in [6.07, 6.45) is -1.36. The van der Waals surface area contributed by atoms with Gasteiger partial charge in [0.25, 0.3) is 0 Å². The zero-order valence-corrected chi connectivity index (χ0v) is 12.6. The van der Waals surface area contributed by atoms with Crippen molar-refractivity contribution in [3.63, 3.8) is 0 Å². The van der Waals surface area contributed by atoms with Crippen molar-refractivity contribution in [2.75, 3.05) is 24.5 Å². The van der Waals surface area contributed by atoms with E-state index < -0.39 is 11.7 Å². The van der Waals surface area contributed by atoms with E-state index >= 15 is 0 Å². The van der Waals surface area contributed by atoms with Crippen molar-refractivity contribution >= 4 is 24.1 Å². The van der Waals surface area contributed by atoms with Gasteiger partial charge in [0, 0.05) is 25.7 Å². The second kappa shape index (κ2) is 6.04. The predicted molar refractivity (Wildman–Crippen MR) is 78.0 cm³/mol. The van der Waals surface area contributed by atoms with Crippen molar-refractivity contribution in [1.82, 2.24) is 10.3 Å². The second-order valence-electron chi connectivity index (χ2n) is 5.80. The first-order valence-electron chi connectivity index (χ1n) is 6.94. The summed E-state index contributed by atoms with van der Waals surface area (Å²) in [6, 6.07) is 2.24. The summed E-state index contributed by atoms with van der Waals surface area (Å²) >= 11 is 0. The van der Waals surface area contributed by atoms with Gasteiger partial charge in [0.1, 0.15) is 5.82 Å². The molecule has 2 saturated heterocycles. The fraction of sp³-hybridized carbons (Fsp3) is 0.571. The monoisotopic (exact) mass is 335 g/mol. The molecular weight excluding hydrogens is 319 g/mol. The van der Waals surface area contributed by atoms with Gasteiger partial charge in [-0.25, -0.2) is 4.98 Å². The lowest BCUT2D eigenvalue weighted by Gasteiger charge is -2.37. The molecule has 2 fully saturated rings. The molecule has 0 saturated carbocycles. The molecule has 1 unspecified atom stereocenters. The quantitative estimate of drug-likeness (QED) is 0.858. The van der Waals surface area contributed by atoms with Gasteiger partial charge in [0.05, 0.1) is 5.56 Å². The number of rotatable bonds is 1. The maximum Gasteiger partial charge on any atom is 0.417 e. The molecule has 0 aliphatic carbocycles. The Bertz CT molecular complexity index is 541. The van der Waals surface area contributed by atoms with E-state index in [9.17, 15) is 18.0 Å². The number of carbonyl (C=O) groups is 1. The molecule has 0 radical (unpaired) electrons. The normalized spacial score (nSPS) is 25.4. The zero-order chi connectivity index (χ0) is 15.1. The van der Waals surface area contributed by atoms with Crippen molar-refractivity contribution < 1.29 is 18.0 Å². The molecule has 1 aromatic heterocycles. The van der Waals surface area contributed by atoms with E-state index in [1.165, 1.54) is 11.0 Å². The van der Waals surface area contributed by atoms with Crippen LogP contribution in [0, 0.1) is 5.41 Å². The number of alkyl halides is 3. The van der Waals surface area contributed by atoms with Crippen LogP contribution in [-0.4, -0.2) is 30.5 Å². The molecule has 3 rings (SSSR count). The number of hydrogen-bond acceptors (Lipinski definition) is 3. The molecule has 22 heavy (non-hydrogen) atoms. The number of amides is 1. The van der Waals surface area contributed by atoms with Crippen LogP contribution in [0.5, 0.6) is 0 Å². The fourth-order valence-electron chi connectivity index (χ4n) is 3.09. The number of pyridine rings is 1. The molecule has 0 bridgehead atoms. The third kappa shape index (κ3) is 3.20. The van der Waals surface area contributed by atoms with Crippen molar-refractivity contribution in [3.05, 3.63) is 23.9 Å². The molecule has 3 heterocycles. The molecule has 1 aromatic rings. The van der Waals surface area contributed by atoms with Crippen LogP contribution in [0.15, 0.2) is 18.3 Å². The molecule has 122 valence electrons. The summed E-state index contributed by atoms with van der Waals surface area (Å²) in [5.41, 5.74) is -0.772. The van der Waals surface area contributed by atoms with Gasteiger partial charge < -0.3 is 5.32 Å². The first kappa shape index (κ1) is 17.0. The van der Waals surface area contributed by atoms with Gasteiger partial charge in [0.2, 0.25) is 5.91 Å². The van der Waals surface area contributed by atoms with Gasteiger partial charge in [-0.1, -0.05) is 0 Å². The number of piperidine rings is 1. The fourth-order valence-corrected chi connectivity index (χ4v) is 3.09. The maximum absolute atomic E-state index is 12.5. The average molecular weight is 336 g/mol. The maximum atomic E-state index is 12.5. The van der Waals surface area contributed by atoms with Gasteiger partial charge in [-0.15, -0.1) is 12.4 Å². The molecule has 1 N–H and O–H groups in total. The van der Waals surface area contributed by atoms with Gasteiger partial charge in [0.15, 0.2) is 0 Å². The van der Waals surface area contributed by atoms with Crippen LogP contribution in [0.1, 0.15) is 24.8 Å². The standard InChI is InChI=1S/C14H16F3N3O.ClH/c15-14(16,17)10-1-2-11(19-8-10)20-6-4-13(7-12(20)21)3-5-18-9-13;/h1-2,8,18H,3-7,9H2;1H. The zero-order valence-electron chi connectivity index (χ0n) is 11.8. The van der Waals surface area contributed by atoms with Crippen molar-refractivity contribution in [2.45, 2.75) is 25.4 Å². The molecule has 2 aliphatic rings. The predicted octanol–water partition coefficient (Wildman–Crippen LogP) is 2.63. The number of carbonyl (C=O) groups excluding carboxylic acids is 1. The lowest BCUT2D eigenvalue weighted by atomic mass is 9.77. The van der Waals surface area contributed by atoms with Crippen LogP contribution in [0.25, 0.3) is 0 Å². The van der Waals surface area contributed by atoms with E-state index in [1.807, 2.05) is 0 Å². The van der Waals surface area contributed by atoms with Crippen LogP contribution in [0.2, 0.25) is 0 Å². The Hall–Kier alpha value is -1.34. The van der Waals surface area contributed by atoms with E-state index in [1.54, 1.807) is 0 Å². The second-order valence-corrected chi connectivity index (χ2v) is 5.80. The lowest BCUT2D eigenvalue weighted by Crippen LogP contribution is -2.45. The molecule has 8 heteroatoms. The summed E-state index contributed by atoms with van der Waals surface area (Å²) in [4.78, 5) is 17.6. The van der Waals surface area contributed by atoms with Crippen LogP contribution >= 0.6 is 12.4 Å². The number of nitrogens with zero attached hydrogens (tertiary/aromatic N) is 2. The van der Waals surface area contributed by atoms with Crippen molar-refractivity contribution in [3.8, 4) is 0 Å². The third-order valence-corrected chi connectivity index (χ3v) is 4.38. The first-order valence-corrected chi connectivity index (χ1v) is 6.94. The summed E-state index contributed by atoms with van der Waals surface area (Å²) in [5, 5.41) is 3.27. The molecule has 0 aromatic carbocycles. The highest BCUT2D eigenvalue weighted by Crippen LogP contribution is 2.38. The Morgan fingerprint density at radius 1 is 1.27 bits per heavy atom. The Morgan fingerprint density at radius 3 is 2.55 bits per heavy atom. The highest BCUT2D eigenvalue weighted by molar-refractivity contribution is 5.93. The Morgan fingerprint density at radius 2 is 2.05 bits per heavy atom. The number of halogens is 4. The highest BCUT2D eigenvalue weighted by atomic mass is 35.5. The Labute approximate surface area is 132 Å². The third-order valence-electron chi connectivity index (χ3n) is 4.38. The van der Waals surface area contributed by atoms with Gasteiger partial charge >= 0.3 is 6.18 Å². The first-order chi connectivity index (χ1) is 9.90. The molecule has 4 nitrogen and oxygen atoms in total. The number of hydrogen-bond donors (Lipinski definition) is 1. The molecule has 1 spiro atoms. The summed E-state index contributed by atoms with van der Waals surface area (Å²) in [6.45, 7) is 2.28. The van der Waals surface area contributed by atoms with Crippen LogP contribution in [-0.2, 0) is 11.0 Å². The summed E-state index contributed by atoms with van der Waals surface area (Å²) in [7, 11) is 0. The van der Waals surface area contributed by atoms with E-state index in [-0.39, 0.29) is 23.7 Å². The number of nitrogens with one attached hydrogen (secondary N) is 1. The van der Waals surface area contributed by atoms with E-state index in [2.05, 4.69) is 10.3 Å². The van der Waals surface area contributed by atoms with Crippen molar-refractivity contribution in [1.29, 1.82) is 0 Å². The SMILES string of the molecule is Cl.O=C1CC2(CCNC2)CCN1c1ccc(C(F)(F)F)cn1. The Kier molecular flexibility index (Phi) is 4.67. The molecule has 2 aliphatic heterocycles. The molecule has 1 amide bonds. The summed E-state index contributed by atoms with van der Waals surface area (Å²) in [5.74, 6) is 0.242.